The summed E-state index contributed by atoms with van der Waals surface area (Å²) < 4.78 is 54.1. The number of hydrogen-bond acceptors (Lipinski definition) is 8. The van der Waals surface area contributed by atoms with Crippen molar-refractivity contribution in [2.45, 2.75) is 38.3 Å². The molecule has 0 unspecified atom stereocenters. The van der Waals surface area contributed by atoms with Gasteiger partial charge in [0.2, 0.25) is 5.88 Å². The Bertz CT molecular complexity index is 1230. The number of anilines is 2. The summed E-state index contributed by atoms with van der Waals surface area (Å²) in [5.74, 6) is -4.01. The van der Waals surface area contributed by atoms with Crippen LogP contribution in [0.3, 0.4) is 0 Å². The molecule has 4 rings (SSSR count). The second-order valence-electron chi connectivity index (χ2n) is 8.58. The fourth-order valence-electron chi connectivity index (χ4n) is 4.33. The monoisotopic (exact) mass is 491 g/mol. The molecule has 0 bridgehead atoms. The van der Waals surface area contributed by atoms with E-state index >= 15 is 4.39 Å². The second kappa shape index (κ2) is 9.82. The molecule has 0 aliphatic carbocycles. The maximum Gasteiger partial charge on any atom is 0.298 e. The lowest BCUT2D eigenvalue weighted by molar-refractivity contribution is -0.0583. The summed E-state index contributed by atoms with van der Waals surface area (Å²) in [6.07, 6.45) is 0.958. The first-order valence-electron chi connectivity index (χ1n) is 11.2. The van der Waals surface area contributed by atoms with Crippen molar-refractivity contribution in [2.24, 2.45) is 0 Å². The van der Waals surface area contributed by atoms with Gasteiger partial charge in [-0.05, 0) is 32.4 Å². The van der Waals surface area contributed by atoms with Crippen LogP contribution in [0.4, 0.5) is 24.7 Å². The van der Waals surface area contributed by atoms with Gasteiger partial charge in [0.05, 0.1) is 30.5 Å². The number of aryl methyl sites for hydroxylation is 1. The molecule has 2 aromatic heterocycles. The van der Waals surface area contributed by atoms with Gasteiger partial charge in [-0.25, -0.2) is 9.37 Å². The average Bonchev–Trinajstić information content (AvgIpc) is 3.34. The van der Waals surface area contributed by atoms with Crippen LogP contribution in [0.5, 0.6) is 5.88 Å². The highest BCUT2D eigenvalue weighted by atomic mass is 19.3. The van der Waals surface area contributed by atoms with E-state index in [1.165, 1.54) is 12.1 Å². The molecule has 3 aromatic rings. The first-order chi connectivity index (χ1) is 16.7. The Morgan fingerprint density at radius 2 is 2.06 bits per heavy atom. The zero-order chi connectivity index (χ0) is 25.3. The van der Waals surface area contributed by atoms with Crippen LogP contribution in [-0.4, -0.2) is 60.3 Å². The molecular formula is C24H28F3N5O3. The molecule has 1 aromatic carbocycles. The van der Waals surface area contributed by atoms with Crippen LogP contribution in [-0.2, 0) is 10.7 Å². The highest BCUT2D eigenvalue weighted by Crippen LogP contribution is 2.37. The summed E-state index contributed by atoms with van der Waals surface area (Å²) in [4.78, 5) is 6.77. The Morgan fingerprint density at radius 1 is 1.29 bits per heavy atom. The number of aliphatic hydroxyl groups is 1. The van der Waals surface area contributed by atoms with E-state index in [9.17, 15) is 8.78 Å². The molecule has 188 valence electrons. The number of nitrogens with zero attached hydrogens (tertiary/aromatic N) is 4. The number of aliphatic hydroxyl groups excluding tert-OH is 1. The molecule has 0 saturated carbocycles. The molecule has 3 heterocycles. The summed E-state index contributed by atoms with van der Waals surface area (Å²) in [5, 5.41) is 21.1. The molecular weight excluding hydrogens is 463 g/mol. The van der Waals surface area contributed by atoms with Gasteiger partial charge in [0.1, 0.15) is 23.6 Å². The fourth-order valence-corrected chi connectivity index (χ4v) is 4.33. The highest BCUT2D eigenvalue weighted by molar-refractivity contribution is 5.93. The maximum absolute atomic E-state index is 15.0. The largest absolute Gasteiger partial charge is 0.480 e. The Morgan fingerprint density at radius 3 is 2.71 bits per heavy atom. The van der Waals surface area contributed by atoms with Crippen molar-refractivity contribution in [3.8, 4) is 5.88 Å². The third kappa shape index (κ3) is 4.70. The quantitative estimate of drug-likeness (QED) is 0.489. The molecule has 11 heteroatoms. The van der Waals surface area contributed by atoms with Crippen molar-refractivity contribution >= 4 is 22.4 Å². The molecule has 0 radical (unpaired) electrons. The molecule has 1 saturated heterocycles. The van der Waals surface area contributed by atoms with Gasteiger partial charge in [0, 0.05) is 31.1 Å². The van der Waals surface area contributed by atoms with E-state index in [1.807, 2.05) is 6.07 Å². The Hall–Kier alpha value is -3.18. The van der Waals surface area contributed by atoms with Crippen LogP contribution in [0, 0.1) is 12.7 Å². The van der Waals surface area contributed by atoms with E-state index in [2.05, 4.69) is 25.4 Å². The summed E-state index contributed by atoms with van der Waals surface area (Å²) in [5.41, 5.74) is 1.05. The third-order valence-electron chi connectivity index (χ3n) is 6.32. The van der Waals surface area contributed by atoms with Crippen LogP contribution in [0.25, 0.3) is 10.9 Å². The van der Waals surface area contributed by atoms with Crippen LogP contribution in [0.2, 0.25) is 0 Å². The van der Waals surface area contributed by atoms with Crippen molar-refractivity contribution < 1.29 is 27.8 Å². The molecule has 1 aliphatic heterocycles. The first kappa shape index (κ1) is 24.9. The van der Waals surface area contributed by atoms with Gasteiger partial charge in [-0.1, -0.05) is 12.1 Å². The number of methoxy groups -OCH3 is 2. The number of fused-ring (bicyclic) bond motifs is 1. The number of benzene rings is 1. The number of ether oxygens (including phenoxy) is 2. The lowest BCUT2D eigenvalue weighted by Gasteiger charge is -2.23. The van der Waals surface area contributed by atoms with E-state index in [1.54, 1.807) is 28.1 Å². The van der Waals surface area contributed by atoms with Crippen LogP contribution < -0.4 is 15.0 Å². The Labute approximate surface area is 201 Å². The molecule has 35 heavy (non-hydrogen) atoms. The number of aromatic nitrogens is 3. The number of hydrogen-bond donors (Lipinski definition) is 2. The number of rotatable bonds is 8. The SMILES string of the molecule is COc1nc2c(C)nnc(N[C@H](C)c3cccc(C(F)(F)CO)c3F)c2cc1N1CC[C@H](OC)C1. The van der Waals surface area contributed by atoms with Gasteiger partial charge in [-0.3, -0.25) is 0 Å². The smallest absolute Gasteiger partial charge is 0.298 e. The molecule has 2 N–H and O–H groups in total. The predicted octanol–water partition coefficient (Wildman–Crippen LogP) is 3.96. The first-order valence-corrected chi connectivity index (χ1v) is 11.2. The molecule has 0 spiro atoms. The van der Waals surface area contributed by atoms with Crippen LogP contribution in [0.1, 0.15) is 36.2 Å². The standard InChI is InChI=1S/C24H28F3N5O3/c1-13(16-6-5-7-18(20(16)25)24(26,27)12-33)28-22-17-10-19(32-9-8-15(11-32)34-3)23(35-4)29-21(17)14(2)30-31-22/h5-7,10,13,15,33H,8-9,11-12H2,1-4H3,(H,28,31)/t13-,15+/m1/s1. The van der Waals surface area contributed by atoms with Crippen molar-refractivity contribution in [3.05, 3.63) is 46.9 Å². The van der Waals surface area contributed by atoms with Crippen molar-refractivity contribution in [3.63, 3.8) is 0 Å². The van der Waals surface area contributed by atoms with E-state index in [0.29, 0.717) is 34.8 Å². The topological polar surface area (TPSA) is 92.6 Å². The molecule has 1 aliphatic rings. The Balaban J connectivity index is 1.74. The van der Waals surface area contributed by atoms with Crippen LogP contribution >= 0.6 is 0 Å². The van der Waals surface area contributed by atoms with Gasteiger partial charge < -0.3 is 24.8 Å². The fraction of sp³-hybridized carbons (Fsp3) is 0.458. The highest BCUT2D eigenvalue weighted by Gasteiger charge is 2.35. The second-order valence-corrected chi connectivity index (χ2v) is 8.58. The van der Waals surface area contributed by atoms with Gasteiger partial charge in [-0.15, -0.1) is 5.10 Å². The summed E-state index contributed by atoms with van der Waals surface area (Å²) in [6.45, 7) is 3.35. The lowest BCUT2D eigenvalue weighted by Crippen LogP contribution is -2.23. The Kier molecular flexibility index (Phi) is 7.00. The summed E-state index contributed by atoms with van der Waals surface area (Å²) >= 11 is 0. The van der Waals surface area contributed by atoms with Gasteiger partial charge in [0.15, 0.2) is 5.82 Å². The van der Waals surface area contributed by atoms with E-state index in [0.717, 1.165) is 24.7 Å². The number of alkyl halides is 2. The minimum absolute atomic E-state index is 0.00956. The van der Waals surface area contributed by atoms with E-state index in [4.69, 9.17) is 14.6 Å². The maximum atomic E-state index is 15.0. The molecule has 8 nitrogen and oxygen atoms in total. The number of nitrogens with one attached hydrogen (secondary N) is 1. The minimum atomic E-state index is -3.69. The zero-order valence-corrected chi connectivity index (χ0v) is 20.0. The van der Waals surface area contributed by atoms with Gasteiger partial charge in [-0.2, -0.15) is 13.9 Å². The van der Waals surface area contributed by atoms with Gasteiger partial charge >= 0.3 is 0 Å². The van der Waals surface area contributed by atoms with E-state index < -0.39 is 30.0 Å². The number of halogens is 3. The summed E-state index contributed by atoms with van der Waals surface area (Å²) in [6, 6.07) is 4.87. The minimum Gasteiger partial charge on any atom is -0.480 e. The normalized spacial score (nSPS) is 17.1. The average molecular weight is 492 g/mol. The molecule has 0 amide bonds. The van der Waals surface area contributed by atoms with Gasteiger partial charge in [0.25, 0.3) is 5.92 Å². The van der Waals surface area contributed by atoms with E-state index in [-0.39, 0.29) is 11.7 Å². The van der Waals surface area contributed by atoms with Crippen LogP contribution in [0.15, 0.2) is 24.3 Å². The lowest BCUT2D eigenvalue weighted by atomic mass is 10.00. The summed E-state index contributed by atoms with van der Waals surface area (Å²) in [7, 11) is 3.22. The van der Waals surface area contributed by atoms with Crippen molar-refractivity contribution in [1.82, 2.24) is 15.2 Å². The third-order valence-corrected chi connectivity index (χ3v) is 6.32. The van der Waals surface area contributed by atoms with Crippen molar-refractivity contribution in [2.75, 3.05) is 44.1 Å². The zero-order valence-electron chi connectivity index (χ0n) is 20.0. The van der Waals surface area contributed by atoms with Crippen molar-refractivity contribution in [1.29, 1.82) is 0 Å². The molecule has 2 atom stereocenters. The number of pyridine rings is 1. The molecule has 1 fully saturated rings. The predicted molar refractivity (Wildman–Crippen MR) is 126 cm³/mol.